The maximum Gasteiger partial charge on any atom is 0.00935 e. The van der Waals surface area contributed by atoms with Crippen molar-refractivity contribution >= 4 is 0 Å². The van der Waals surface area contributed by atoms with Crippen molar-refractivity contribution in [3.05, 3.63) is 0 Å². The molecule has 5 N–H and O–H groups in total. The van der Waals surface area contributed by atoms with E-state index >= 15 is 0 Å². The van der Waals surface area contributed by atoms with Crippen LogP contribution in [0.4, 0.5) is 0 Å². The summed E-state index contributed by atoms with van der Waals surface area (Å²) in [4.78, 5) is 0. The molecule has 1 saturated carbocycles. The van der Waals surface area contributed by atoms with Gasteiger partial charge in [-0.2, -0.15) is 0 Å². The highest BCUT2D eigenvalue weighted by atomic mass is 14.9. The molecule has 1 fully saturated rings. The van der Waals surface area contributed by atoms with E-state index in [1.54, 1.807) is 0 Å². The number of nitrogens with one attached hydrogen (secondary N) is 1. The van der Waals surface area contributed by atoms with Gasteiger partial charge in [-0.05, 0) is 26.3 Å². The molecule has 0 bridgehead atoms. The Bertz CT molecular complexity index is 95.0. The normalized spacial score (nSPS) is 41.7. The Morgan fingerprint density at radius 3 is 2.00 bits per heavy atom. The number of nitrogens with two attached hydrogens (primary N) is 2. The summed E-state index contributed by atoms with van der Waals surface area (Å²) in [6.07, 6.45) is 3.13. The van der Waals surface area contributed by atoms with Crippen molar-refractivity contribution in [2.45, 2.75) is 37.4 Å². The van der Waals surface area contributed by atoms with E-state index in [2.05, 4.69) is 5.32 Å². The van der Waals surface area contributed by atoms with Crippen molar-refractivity contribution in [2.75, 3.05) is 7.05 Å². The van der Waals surface area contributed by atoms with Crippen LogP contribution in [0.2, 0.25) is 0 Å². The summed E-state index contributed by atoms with van der Waals surface area (Å²) in [6, 6.07) is 1.15. The van der Waals surface area contributed by atoms with Crippen molar-refractivity contribution in [1.82, 2.24) is 5.32 Å². The van der Waals surface area contributed by atoms with Crippen LogP contribution in [0.15, 0.2) is 0 Å². The van der Waals surface area contributed by atoms with Gasteiger partial charge in [0.25, 0.3) is 0 Å². The summed E-state index contributed by atoms with van der Waals surface area (Å²) in [5.41, 5.74) is 11.5. The predicted octanol–water partition coefficient (Wildman–Crippen LogP) is -0.587. The van der Waals surface area contributed by atoms with Crippen molar-refractivity contribution in [3.8, 4) is 0 Å². The SMILES string of the molecule is CNC1CC(N)CC(N)C1. The van der Waals surface area contributed by atoms with Crippen LogP contribution in [-0.2, 0) is 0 Å². The first-order chi connectivity index (χ1) is 4.72. The molecule has 0 radical (unpaired) electrons. The maximum absolute atomic E-state index is 5.77. The second-order valence-corrected chi connectivity index (χ2v) is 3.21. The minimum Gasteiger partial charge on any atom is -0.328 e. The standard InChI is InChI=1S/C7H17N3/c1-10-7-3-5(8)2-6(9)4-7/h5-7,10H,2-4,8-9H2,1H3. The van der Waals surface area contributed by atoms with Gasteiger partial charge in [0.2, 0.25) is 0 Å². The zero-order valence-electron chi connectivity index (χ0n) is 6.51. The van der Waals surface area contributed by atoms with Gasteiger partial charge in [0.1, 0.15) is 0 Å². The van der Waals surface area contributed by atoms with Crippen LogP contribution in [0.3, 0.4) is 0 Å². The van der Waals surface area contributed by atoms with E-state index in [1.807, 2.05) is 7.05 Å². The van der Waals surface area contributed by atoms with Gasteiger partial charge in [0.15, 0.2) is 0 Å². The monoisotopic (exact) mass is 143 g/mol. The summed E-state index contributed by atoms with van der Waals surface area (Å²) in [5.74, 6) is 0. The molecule has 0 aromatic heterocycles. The molecule has 1 aliphatic rings. The lowest BCUT2D eigenvalue weighted by Gasteiger charge is -2.30. The van der Waals surface area contributed by atoms with Crippen LogP contribution in [0.25, 0.3) is 0 Å². The van der Waals surface area contributed by atoms with Gasteiger partial charge < -0.3 is 16.8 Å². The molecule has 0 aliphatic heterocycles. The van der Waals surface area contributed by atoms with Gasteiger partial charge in [0.05, 0.1) is 0 Å². The van der Waals surface area contributed by atoms with Gasteiger partial charge >= 0.3 is 0 Å². The fourth-order valence-electron chi connectivity index (χ4n) is 1.64. The Labute approximate surface area is 62.2 Å². The van der Waals surface area contributed by atoms with Crippen LogP contribution < -0.4 is 16.8 Å². The smallest absolute Gasteiger partial charge is 0.00935 e. The second kappa shape index (κ2) is 3.32. The Kier molecular flexibility index (Phi) is 2.65. The number of hydrogen-bond acceptors (Lipinski definition) is 3. The fourth-order valence-corrected chi connectivity index (χ4v) is 1.64. The lowest BCUT2D eigenvalue weighted by molar-refractivity contribution is 0.321. The van der Waals surface area contributed by atoms with Crippen LogP contribution in [0, 0.1) is 0 Å². The van der Waals surface area contributed by atoms with Gasteiger partial charge in [-0.3, -0.25) is 0 Å². The number of rotatable bonds is 1. The maximum atomic E-state index is 5.77. The molecule has 0 spiro atoms. The van der Waals surface area contributed by atoms with E-state index in [-0.39, 0.29) is 0 Å². The topological polar surface area (TPSA) is 64.1 Å². The van der Waals surface area contributed by atoms with Crippen LogP contribution >= 0.6 is 0 Å². The lowest BCUT2D eigenvalue weighted by Crippen LogP contribution is -2.46. The van der Waals surface area contributed by atoms with E-state index in [0.717, 1.165) is 19.3 Å². The van der Waals surface area contributed by atoms with E-state index in [0.29, 0.717) is 18.1 Å². The Hall–Kier alpha value is -0.120. The first kappa shape index (κ1) is 7.98. The molecule has 3 nitrogen and oxygen atoms in total. The molecular weight excluding hydrogens is 126 g/mol. The third-order valence-corrected chi connectivity index (χ3v) is 2.19. The predicted molar refractivity (Wildman–Crippen MR) is 42.6 cm³/mol. The molecule has 0 saturated heterocycles. The average Bonchev–Trinajstić information content (AvgIpc) is 1.85. The third kappa shape index (κ3) is 1.94. The third-order valence-electron chi connectivity index (χ3n) is 2.19. The highest BCUT2D eigenvalue weighted by molar-refractivity contribution is 4.85. The van der Waals surface area contributed by atoms with E-state index in [1.165, 1.54) is 0 Å². The van der Waals surface area contributed by atoms with Crippen molar-refractivity contribution in [3.63, 3.8) is 0 Å². The van der Waals surface area contributed by atoms with E-state index < -0.39 is 0 Å². The van der Waals surface area contributed by atoms with Gasteiger partial charge in [-0.25, -0.2) is 0 Å². The van der Waals surface area contributed by atoms with Gasteiger partial charge in [-0.1, -0.05) is 0 Å². The van der Waals surface area contributed by atoms with Crippen molar-refractivity contribution in [2.24, 2.45) is 11.5 Å². The van der Waals surface area contributed by atoms with Crippen LogP contribution in [-0.4, -0.2) is 25.2 Å². The minimum absolute atomic E-state index is 0.307. The summed E-state index contributed by atoms with van der Waals surface area (Å²) in [5, 5.41) is 3.20. The highest BCUT2D eigenvalue weighted by Crippen LogP contribution is 2.15. The molecule has 1 rings (SSSR count). The summed E-state index contributed by atoms with van der Waals surface area (Å²) >= 11 is 0. The summed E-state index contributed by atoms with van der Waals surface area (Å²) in [6.45, 7) is 0. The summed E-state index contributed by atoms with van der Waals surface area (Å²) in [7, 11) is 1.97. The molecule has 1 aliphatic carbocycles. The molecule has 0 heterocycles. The van der Waals surface area contributed by atoms with Gasteiger partial charge in [0, 0.05) is 18.1 Å². The molecule has 10 heavy (non-hydrogen) atoms. The molecule has 0 amide bonds. The molecule has 3 heteroatoms. The molecule has 0 aromatic rings. The van der Waals surface area contributed by atoms with Gasteiger partial charge in [-0.15, -0.1) is 0 Å². The van der Waals surface area contributed by atoms with E-state index in [4.69, 9.17) is 11.5 Å². The second-order valence-electron chi connectivity index (χ2n) is 3.21. The molecule has 2 unspecified atom stereocenters. The fraction of sp³-hybridized carbons (Fsp3) is 1.00. The molecule has 0 aromatic carbocycles. The largest absolute Gasteiger partial charge is 0.328 e. The Morgan fingerprint density at radius 1 is 1.10 bits per heavy atom. The Morgan fingerprint density at radius 2 is 1.60 bits per heavy atom. The average molecular weight is 143 g/mol. The zero-order valence-corrected chi connectivity index (χ0v) is 6.51. The summed E-state index contributed by atoms with van der Waals surface area (Å²) < 4.78 is 0. The van der Waals surface area contributed by atoms with E-state index in [9.17, 15) is 0 Å². The van der Waals surface area contributed by atoms with Crippen LogP contribution in [0.5, 0.6) is 0 Å². The van der Waals surface area contributed by atoms with Crippen LogP contribution in [0.1, 0.15) is 19.3 Å². The lowest BCUT2D eigenvalue weighted by atomic mass is 9.88. The number of hydrogen-bond donors (Lipinski definition) is 3. The van der Waals surface area contributed by atoms with Crippen molar-refractivity contribution < 1.29 is 0 Å². The zero-order chi connectivity index (χ0) is 7.56. The van der Waals surface area contributed by atoms with Crippen molar-refractivity contribution in [1.29, 1.82) is 0 Å². The minimum atomic E-state index is 0.307. The molecule has 60 valence electrons. The first-order valence-corrected chi connectivity index (χ1v) is 3.90. The molecule has 2 atom stereocenters. The Balaban J connectivity index is 2.35. The highest BCUT2D eigenvalue weighted by Gasteiger charge is 2.22. The quantitative estimate of drug-likeness (QED) is 0.460. The molecular formula is C7H17N3. The first-order valence-electron chi connectivity index (χ1n) is 3.90.